The molecule has 1 atom stereocenters. The molecule has 1 aliphatic heterocycles. The van der Waals surface area contributed by atoms with Crippen LogP contribution in [0.4, 0.5) is 0 Å². The van der Waals surface area contributed by atoms with Crippen LogP contribution in [0.5, 0.6) is 0 Å². The summed E-state index contributed by atoms with van der Waals surface area (Å²) in [6.07, 6.45) is 2.42. The van der Waals surface area contributed by atoms with Crippen LogP contribution < -0.4 is 10.6 Å². The summed E-state index contributed by atoms with van der Waals surface area (Å²) in [6, 6.07) is 0.537. The third-order valence-corrected chi connectivity index (χ3v) is 2.99. The van der Waals surface area contributed by atoms with Crippen molar-refractivity contribution in [1.82, 2.24) is 15.5 Å². The van der Waals surface area contributed by atoms with Crippen molar-refractivity contribution in [2.75, 3.05) is 33.2 Å². The first-order valence-electron chi connectivity index (χ1n) is 6.28. The molecule has 102 valence electrons. The fourth-order valence-electron chi connectivity index (χ4n) is 2.13. The Hall–Kier alpha value is -0.320. The highest BCUT2D eigenvalue weighted by Crippen LogP contribution is 2.15. The van der Waals surface area contributed by atoms with Crippen molar-refractivity contribution in [2.24, 2.45) is 5.92 Å². The van der Waals surface area contributed by atoms with Gasteiger partial charge in [-0.25, -0.2) is 0 Å². The molecular formula is C12H26ClN3O. The number of amides is 1. The molecule has 4 nitrogen and oxygen atoms in total. The van der Waals surface area contributed by atoms with Crippen molar-refractivity contribution in [3.63, 3.8) is 0 Å². The first-order valence-corrected chi connectivity index (χ1v) is 6.28. The molecule has 0 aliphatic carbocycles. The maximum absolute atomic E-state index is 11.7. The van der Waals surface area contributed by atoms with Crippen LogP contribution >= 0.6 is 12.4 Å². The van der Waals surface area contributed by atoms with Crippen LogP contribution in [0.1, 0.15) is 26.7 Å². The van der Waals surface area contributed by atoms with Gasteiger partial charge in [0.05, 0.1) is 6.54 Å². The molecule has 1 amide bonds. The Balaban J connectivity index is 0.00000256. The Kier molecular flexibility index (Phi) is 8.56. The van der Waals surface area contributed by atoms with Crippen molar-refractivity contribution < 1.29 is 4.79 Å². The average Bonchev–Trinajstić information content (AvgIpc) is 2.63. The van der Waals surface area contributed by atoms with E-state index in [1.54, 1.807) is 0 Å². The molecule has 1 saturated heterocycles. The highest BCUT2D eigenvalue weighted by Gasteiger charge is 2.25. The highest BCUT2D eigenvalue weighted by molar-refractivity contribution is 5.85. The largest absolute Gasteiger partial charge is 0.355 e. The van der Waals surface area contributed by atoms with E-state index in [9.17, 15) is 4.79 Å². The summed E-state index contributed by atoms with van der Waals surface area (Å²) < 4.78 is 0. The first kappa shape index (κ1) is 16.7. The van der Waals surface area contributed by atoms with Crippen LogP contribution in [-0.4, -0.2) is 50.1 Å². The van der Waals surface area contributed by atoms with Gasteiger partial charge in [-0.1, -0.05) is 13.8 Å². The first-order chi connectivity index (χ1) is 7.63. The zero-order valence-electron chi connectivity index (χ0n) is 11.2. The lowest BCUT2D eigenvalue weighted by Gasteiger charge is -2.23. The molecule has 0 aromatic heterocycles. The number of nitrogens with one attached hydrogen (secondary N) is 2. The summed E-state index contributed by atoms with van der Waals surface area (Å²) in [5.74, 6) is 0.687. The van der Waals surface area contributed by atoms with Crippen molar-refractivity contribution >= 4 is 18.3 Å². The maximum atomic E-state index is 11.7. The van der Waals surface area contributed by atoms with Crippen molar-refractivity contribution in [3.05, 3.63) is 0 Å². The van der Waals surface area contributed by atoms with Gasteiger partial charge in [-0.05, 0) is 32.4 Å². The smallest absolute Gasteiger partial charge is 0.234 e. The predicted molar refractivity (Wildman–Crippen MR) is 73.6 cm³/mol. The summed E-state index contributed by atoms with van der Waals surface area (Å²) in [6.45, 7) is 7.60. The average molecular weight is 264 g/mol. The van der Waals surface area contributed by atoms with Crippen LogP contribution in [0, 0.1) is 5.92 Å². The molecule has 2 N–H and O–H groups in total. The summed E-state index contributed by atoms with van der Waals surface area (Å²) in [5, 5.41) is 6.16. The molecule has 0 saturated carbocycles. The van der Waals surface area contributed by atoms with Crippen LogP contribution in [0.2, 0.25) is 0 Å². The van der Waals surface area contributed by atoms with E-state index in [0.717, 1.165) is 19.6 Å². The zero-order chi connectivity index (χ0) is 12.0. The molecule has 1 aliphatic rings. The monoisotopic (exact) mass is 263 g/mol. The summed E-state index contributed by atoms with van der Waals surface area (Å²) >= 11 is 0. The minimum Gasteiger partial charge on any atom is -0.355 e. The van der Waals surface area contributed by atoms with Crippen LogP contribution in [0.25, 0.3) is 0 Å². The fraction of sp³-hybridized carbons (Fsp3) is 0.917. The molecule has 1 fully saturated rings. The Labute approximate surface area is 111 Å². The van der Waals surface area contributed by atoms with E-state index >= 15 is 0 Å². The number of hydrogen-bond acceptors (Lipinski definition) is 3. The molecular weight excluding hydrogens is 238 g/mol. The SMILES string of the molecule is CNCC1CCCN1CC(=O)NCC(C)C.Cl. The Morgan fingerprint density at radius 2 is 2.18 bits per heavy atom. The van der Waals surface area contributed by atoms with E-state index in [-0.39, 0.29) is 18.3 Å². The molecule has 0 bridgehead atoms. The molecule has 0 aromatic rings. The van der Waals surface area contributed by atoms with Crippen molar-refractivity contribution in [1.29, 1.82) is 0 Å². The normalized spacial score (nSPS) is 20.4. The summed E-state index contributed by atoms with van der Waals surface area (Å²) in [5.41, 5.74) is 0. The summed E-state index contributed by atoms with van der Waals surface area (Å²) in [7, 11) is 1.97. The second kappa shape index (κ2) is 8.72. The quantitative estimate of drug-likeness (QED) is 0.747. The molecule has 17 heavy (non-hydrogen) atoms. The van der Waals surface area contributed by atoms with Gasteiger partial charge in [0.2, 0.25) is 5.91 Å². The molecule has 1 heterocycles. The van der Waals surface area contributed by atoms with Gasteiger partial charge in [-0.2, -0.15) is 0 Å². The fourth-order valence-corrected chi connectivity index (χ4v) is 2.13. The molecule has 0 radical (unpaired) electrons. The van der Waals surface area contributed by atoms with E-state index in [2.05, 4.69) is 29.4 Å². The zero-order valence-corrected chi connectivity index (χ0v) is 12.0. The lowest BCUT2D eigenvalue weighted by atomic mass is 10.2. The highest BCUT2D eigenvalue weighted by atomic mass is 35.5. The topological polar surface area (TPSA) is 44.4 Å². The number of carbonyl (C=O) groups is 1. The van der Waals surface area contributed by atoms with Gasteiger partial charge >= 0.3 is 0 Å². The number of halogens is 1. The minimum atomic E-state index is 0. The standard InChI is InChI=1S/C12H25N3O.ClH/c1-10(2)7-14-12(16)9-15-6-4-5-11(15)8-13-3;/h10-11,13H,4-9H2,1-3H3,(H,14,16);1H. The van der Waals surface area contributed by atoms with E-state index in [1.807, 2.05) is 7.05 Å². The van der Waals surface area contributed by atoms with Crippen LogP contribution in [0.15, 0.2) is 0 Å². The third-order valence-electron chi connectivity index (χ3n) is 2.99. The lowest BCUT2D eigenvalue weighted by Crippen LogP contribution is -2.43. The van der Waals surface area contributed by atoms with Crippen LogP contribution in [-0.2, 0) is 4.79 Å². The molecule has 0 aromatic carbocycles. The molecule has 0 spiro atoms. The van der Waals surface area contributed by atoms with Gasteiger partial charge in [-0.3, -0.25) is 9.69 Å². The minimum absolute atomic E-state index is 0. The second-order valence-electron chi connectivity index (χ2n) is 5.02. The van der Waals surface area contributed by atoms with E-state index in [1.165, 1.54) is 12.8 Å². The van der Waals surface area contributed by atoms with Gasteiger partial charge in [-0.15, -0.1) is 12.4 Å². The van der Waals surface area contributed by atoms with Gasteiger partial charge in [0.25, 0.3) is 0 Å². The summed E-state index contributed by atoms with van der Waals surface area (Å²) in [4.78, 5) is 14.0. The van der Waals surface area contributed by atoms with Gasteiger partial charge in [0.15, 0.2) is 0 Å². The lowest BCUT2D eigenvalue weighted by molar-refractivity contribution is -0.122. The Morgan fingerprint density at radius 3 is 2.76 bits per heavy atom. The maximum Gasteiger partial charge on any atom is 0.234 e. The van der Waals surface area contributed by atoms with E-state index in [4.69, 9.17) is 0 Å². The number of likely N-dealkylation sites (tertiary alicyclic amines) is 1. The Bertz CT molecular complexity index is 224. The van der Waals surface area contributed by atoms with Gasteiger partial charge in [0.1, 0.15) is 0 Å². The van der Waals surface area contributed by atoms with Crippen molar-refractivity contribution in [2.45, 2.75) is 32.7 Å². The third kappa shape index (κ3) is 6.24. The second-order valence-corrected chi connectivity index (χ2v) is 5.02. The molecule has 1 unspecified atom stereocenters. The Morgan fingerprint density at radius 1 is 1.47 bits per heavy atom. The van der Waals surface area contributed by atoms with Crippen LogP contribution in [0.3, 0.4) is 0 Å². The van der Waals surface area contributed by atoms with Gasteiger partial charge < -0.3 is 10.6 Å². The number of likely N-dealkylation sites (N-methyl/N-ethyl adjacent to an activating group) is 1. The number of carbonyl (C=O) groups excluding carboxylic acids is 1. The molecule has 5 heteroatoms. The van der Waals surface area contributed by atoms with E-state index < -0.39 is 0 Å². The number of hydrogen-bond donors (Lipinski definition) is 2. The van der Waals surface area contributed by atoms with Crippen molar-refractivity contribution in [3.8, 4) is 0 Å². The molecule has 1 rings (SSSR count). The van der Waals surface area contributed by atoms with Gasteiger partial charge in [0, 0.05) is 19.1 Å². The number of nitrogens with zero attached hydrogens (tertiary/aromatic N) is 1. The number of rotatable bonds is 6. The van der Waals surface area contributed by atoms with E-state index in [0.29, 0.717) is 18.5 Å². The predicted octanol–water partition coefficient (Wildman–Crippen LogP) is 0.864.